The van der Waals surface area contributed by atoms with E-state index in [0.29, 0.717) is 25.3 Å². The van der Waals surface area contributed by atoms with Crippen molar-refractivity contribution in [1.82, 2.24) is 10.6 Å². The average molecular weight is 254 g/mol. The number of hydrogen-bond acceptors (Lipinski definition) is 2. The van der Waals surface area contributed by atoms with Gasteiger partial charge in [-0.2, -0.15) is 0 Å². The van der Waals surface area contributed by atoms with Gasteiger partial charge in [0.2, 0.25) is 11.8 Å². The summed E-state index contributed by atoms with van der Waals surface area (Å²) in [6, 6.07) is 0.123. The second-order valence-corrected chi connectivity index (χ2v) is 5.41. The predicted octanol–water partition coefficient (Wildman–Crippen LogP) is 1.99. The lowest BCUT2D eigenvalue weighted by Crippen LogP contribution is -2.47. The van der Waals surface area contributed by atoms with Crippen LogP contribution >= 0.6 is 0 Å². The highest BCUT2D eigenvalue weighted by Crippen LogP contribution is 2.13. The van der Waals surface area contributed by atoms with E-state index in [2.05, 4.69) is 24.5 Å². The minimum Gasteiger partial charge on any atom is -0.354 e. The van der Waals surface area contributed by atoms with E-state index in [1.165, 1.54) is 19.3 Å². The van der Waals surface area contributed by atoms with Crippen molar-refractivity contribution < 1.29 is 9.59 Å². The van der Waals surface area contributed by atoms with E-state index in [1.807, 2.05) is 0 Å². The lowest BCUT2D eigenvalue weighted by Gasteiger charge is -2.24. The Morgan fingerprint density at radius 1 is 1.50 bits per heavy atom. The third-order valence-electron chi connectivity index (χ3n) is 3.46. The van der Waals surface area contributed by atoms with Crippen LogP contribution in [0.5, 0.6) is 0 Å². The summed E-state index contributed by atoms with van der Waals surface area (Å²) in [4.78, 5) is 22.8. The highest BCUT2D eigenvalue weighted by atomic mass is 16.2. The van der Waals surface area contributed by atoms with Crippen molar-refractivity contribution in [3.05, 3.63) is 0 Å². The van der Waals surface area contributed by atoms with E-state index in [4.69, 9.17) is 0 Å². The number of carbonyl (C=O) groups is 2. The third-order valence-corrected chi connectivity index (χ3v) is 3.46. The second-order valence-electron chi connectivity index (χ2n) is 5.41. The molecule has 2 atom stereocenters. The number of carbonyl (C=O) groups excluding carboxylic acids is 2. The number of piperidine rings is 1. The van der Waals surface area contributed by atoms with Crippen LogP contribution in [0, 0.1) is 5.92 Å². The van der Waals surface area contributed by atoms with Gasteiger partial charge >= 0.3 is 0 Å². The largest absolute Gasteiger partial charge is 0.354 e. The van der Waals surface area contributed by atoms with Crippen LogP contribution in [0.4, 0.5) is 0 Å². The summed E-state index contributed by atoms with van der Waals surface area (Å²) < 4.78 is 0. The Balaban J connectivity index is 2.14. The quantitative estimate of drug-likeness (QED) is 0.683. The summed E-state index contributed by atoms with van der Waals surface area (Å²) >= 11 is 0. The molecular formula is C14H26N2O2. The molecule has 4 nitrogen and oxygen atoms in total. The van der Waals surface area contributed by atoms with E-state index >= 15 is 0 Å². The van der Waals surface area contributed by atoms with Crippen LogP contribution in [0.25, 0.3) is 0 Å². The predicted molar refractivity (Wildman–Crippen MR) is 72.1 cm³/mol. The lowest BCUT2D eigenvalue weighted by atomic mass is 9.99. The van der Waals surface area contributed by atoms with Gasteiger partial charge < -0.3 is 10.6 Å². The molecule has 1 saturated heterocycles. The SMILES string of the molecule is CCCCC[C@@H](C)CC(=O)N[C@@H]1CCC(=O)NC1. The molecule has 1 fully saturated rings. The number of amides is 2. The molecule has 0 aliphatic carbocycles. The van der Waals surface area contributed by atoms with Crippen molar-refractivity contribution in [1.29, 1.82) is 0 Å². The molecule has 1 rings (SSSR count). The van der Waals surface area contributed by atoms with Gasteiger partial charge in [-0.1, -0.05) is 39.5 Å². The number of nitrogens with one attached hydrogen (secondary N) is 2. The van der Waals surface area contributed by atoms with Crippen LogP contribution in [0.2, 0.25) is 0 Å². The number of hydrogen-bond donors (Lipinski definition) is 2. The fraction of sp³-hybridized carbons (Fsp3) is 0.857. The molecule has 4 heteroatoms. The van der Waals surface area contributed by atoms with Gasteiger partial charge in [-0.25, -0.2) is 0 Å². The van der Waals surface area contributed by atoms with Crippen LogP contribution < -0.4 is 10.6 Å². The summed E-state index contributed by atoms with van der Waals surface area (Å²) in [7, 11) is 0. The van der Waals surface area contributed by atoms with E-state index < -0.39 is 0 Å². The highest BCUT2D eigenvalue weighted by Gasteiger charge is 2.20. The topological polar surface area (TPSA) is 58.2 Å². The lowest BCUT2D eigenvalue weighted by molar-refractivity contribution is -0.126. The molecule has 104 valence electrons. The molecule has 0 radical (unpaired) electrons. The molecule has 2 amide bonds. The first-order valence-electron chi connectivity index (χ1n) is 7.18. The monoisotopic (exact) mass is 254 g/mol. The molecule has 0 aromatic heterocycles. The van der Waals surface area contributed by atoms with E-state index in [1.54, 1.807) is 0 Å². The van der Waals surface area contributed by atoms with Crippen molar-refractivity contribution in [2.45, 2.75) is 64.8 Å². The van der Waals surface area contributed by atoms with Crippen molar-refractivity contribution >= 4 is 11.8 Å². The van der Waals surface area contributed by atoms with E-state index in [-0.39, 0.29) is 17.9 Å². The fourth-order valence-electron chi connectivity index (χ4n) is 2.30. The zero-order chi connectivity index (χ0) is 13.4. The van der Waals surface area contributed by atoms with Gasteiger partial charge in [-0.15, -0.1) is 0 Å². The first-order chi connectivity index (χ1) is 8.61. The summed E-state index contributed by atoms with van der Waals surface area (Å²) in [5.74, 6) is 0.670. The van der Waals surface area contributed by atoms with Gasteiger partial charge in [-0.3, -0.25) is 9.59 Å². The van der Waals surface area contributed by atoms with Crippen LogP contribution in [-0.2, 0) is 9.59 Å². The van der Waals surface area contributed by atoms with Crippen LogP contribution in [-0.4, -0.2) is 24.4 Å². The maximum atomic E-state index is 11.8. The summed E-state index contributed by atoms with van der Waals surface area (Å²) in [6.45, 7) is 4.90. The van der Waals surface area contributed by atoms with Crippen molar-refractivity contribution in [3.63, 3.8) is 0 Å². The zero-order valence-corrected chi connectivity index (χ0v) is 11.6. The first-order valence-corrected chi connectivity index (χ1v) is 7.18. The van der Waals surface area contributed by atoms with Gasteiger partial charge in [0.05, 0.1) is 0 Å². The molecule has 1 aliphatic rings. The highest BCUT2D eigenvalue weighted by molar-refractivity contribution is 5.79. The molecule has 18 heavy (non-hydrogen) atoms. The summed E-state index contributed by atoms with van der Waals surface area (Å²) in [5.41, 5.74) is 0. The van der Waals surface area contributed by atoms with Crippen molar-refractivity contribution in [2.75, 3.05) is 6.54 Å². The smallest absolute Gasteiger partial charge is 0.220 e. The first kappa shape index (κ1) is 15.0. The second kappa shape index (κ2) is 8.11. The van der Waals surface area contributed by atoms with Gasteiger partial charge in [0.15, 0.2) is 0 Å². The maximum absolute atomic E-state index is 11.8. The summed E-state index contributed by atoms with van der Waals surface area (Å²) in [6.07, 6.45) is 6.71. The molecule has 0 unspecified atom stereocenters. The van der Waals surface area contributed by atoms with Gasteiger partial charge in [0.1, 0.15) is 0 Å². The molecule has 0 spiro atoms. The molecule has 0 aromatic rings. The molecule has 1 heterocycles. The third kappa shape index (κ3) is 6.03. The maximum Gasteiger partial charge on any atom is 0.220 e. The number of unbranched alkanes of at least 4 members (excludes halogenated alkanes) is 2. The number of rotatable bonds is 7. The molecular weight excluding hydrogens is 228 g/mol. The van der Waals surface area contributed by atoms with Gasteiger partial charge in [0.25, 0.3) is 0 Å². The Hall–Kier alpha value is -1.06. The normalized spacial score (nSPS) is 21.2. The molecule has 2 N–H and O–H groups in total. The Morgan fingerprint density at radius 2 is 2.28 bits per heavy atom. The van der Waals surface area contributed by atoms with E-state index in [0.717, 1.165) is 12.8 Å². The minimum atomic E-state index is 0.0911. The standard InChI is InChI=1S/C14H26N2O2/c1-3-4-5-6-11(2)9-14(18)16-12-7-8-13(17)15-10-12/h11-12H,3-10H2,1-2H3,(H,15,17)(H,16,18)/t11-,12-/m1/s1. The van der Waals surface area contributed by atoms with E-state index in [9.17, 15) is 9.59 Å². The molecule has 0 aromatic carbocycles. The Labute approximate surface area is 110 Å². The van der Waals surface area contributed by atoms with Crippen LogP contribution in [0.15, 0.2) is 0 Å². The Morgan fingerprint density at radius 3 is 2.89 bits per heavy atom. The van der Waals surface area contributed by atoms with Crippen LogP contribution in [0.1, 0.15) is 58.8 Å². The van der Waals surface area contributed by atoms with Crippen LogP contribution in [0.3, 0.4) is 0 Å². The zero-order valence-electron chi connectivity index (χ0n) is 11.6. The summed E-state index contributed by atoms with van der Waals surface area (Å²) in [5, 5.41) is 5.79. The van der Waals surface area contributed by atoms with Gasteiger partial charge in [-0.05, 0) is 12.3 Å². The molecule has 1 aliphatic heterocycles. The molecule has 0 bridgehead atoms. The van der Waals surface area contributed by atoms with Crippen molar-refractivity contribution in [2.24, 2.45) is 5.92 Å². The Kier molecular flexibility index (Phi) is 6.76. The van der Waals surface area contributed by atoms with Gasteiger partial charge in [0, 0.05) is 25.4 Å². The fourth-order valence-corrected chi connectivity index (χ4v) is 2.30. The van der Waals surface area contributed by atoms with Crippen molar-refractivity contribution in [3.8, 4) is 0 Å². The minimum absolute atomic E-state index is 0.0911. The molecule has 0 saturated carbocycles. The average Bonchev–Trinajstić information content (AvgIpc) is 2.32. The Bertz CT molecular complexity index is 269.